The molecule has 1 aromatic carbocycles. The Hall–Kier alpha value is -2.84. The SMILES string of the molecule is CCOC(=O)/C=C/c1ccccc1NC(=O)C1=C=CC=C1. The topological polar surface area (TPSA) is 55.4 Å². The summed E-state index contributed by atoms with van der Waals surface area (Å²) < 4.78 is 4.83. The van der Waals surface area contributed by atoms with E-state index in [2.05, 4.69) is 11.0 Å². The number of carbonyl (C=O) groups excluding carboxylic acids is 2. The van der Waals surface area contributed by atoms with Crippen molar-refractivity contribution in [2.75, 3.05) is 11.9 Å². The third-order valence-electron chi connectivity index (χ3n) is 2.74. The van der Waals surface area contributed by atoms with Crippen LogP contribution in [0.4, 0.5) is 5.69 Å². The van der Waals surface area contributed by atoms with Crippen LogP contribution in [0.2, 0.25) is 0 Å². The van der Waals surface area contributed by atoms with E-state index < -0.39 is 5.97 Å². The van der Waals surface area contributed by atoms with Crippen LogP contribution in [-0.4, -0.2) is 18.5 Å². The van der Waals surface area contributed by atoms with Crippen molar-refractivity contribution >= 4 is 23.6 Å². The van der Waals surface area contributed by atoms with E-state index in [9.17, 15) is 9.59 Å². The van der Waals surface area contributed by atoms with E-state index in [0.717, 1.165) is 5.56 Å². The summed E-state index contributed by atoms with van der Waals surface area (Å²) in [6.07, 6.45) is 8.07. The second kappa shape index (κ2) is 7.08. The minimum absolute atomic E-state index is 0.239. The van der Waals surface area contributed by atoms with Crippen LogP contribution in [-0.2, 0) is 14.3 Å². The Morgan fingerprint density at radius 3 is 2.86 bits per heavy atom. The predicted molar refractivity (Wildman–Crippen MR) is 81.5 cm³/mol. The summed E-state index contributed by atoms with van der Waals surface area (Å²) in [7, 11) is 0. The number of amides is 1. The van der Waals surface area contributed by atoms with Crippen molar-refractivity contribution in [3.63, 3.8) is 0 Å². The highest BCUT2D eigenvalue weighted by molar-refractivity contribution is 6.07. The predicted octanol–water partition coefficient (Wildman–Crippen LogP) is 2.85. The number of anilines is 1. The van der Waals surface area contributed by atoms with Gasteiger partial charge in [-0.3, -0.25) is 4.79 Å². The first kappa shape index (κ1) is 14.6. The van der Waals surface area contributed by atoms with Gasteiger partial charge in [0.1, 0.15) is 0 Å². The summed E-state index contributed by atoms with van der Waals surface area (Å²) in [6, 6.07) is 7.22. The van der Waals surface area contributed by atoms with E-state index in [1.165, 1.54) is 6.08 Å². The number of esters is 1. The molecule has 0 bridgehead atoms. The lowest BCUT2D eigenvalue weighted by atomic mass is 10.1. The molecule has 0 aliphatic heterocycles. The lowest BCUT2D eigenvalue weighted by Crippen LogP contribution is -2.13. The van der Waals surface area contributed by atoms with Crippen LogP contribution in [0.3, 0.4) is 0 Å². The molecule has 0 unspecified atom stereocenters. The first-order chi connectivity index (χ1) is 10.2. The average Bonchev–Trinajstić information content (AvgIpc) is 3.01. The highest BCUT2D eigenvalue weighted by atomic mass is 16.5. The van der Waals surface area contributed by atoms with Crippen LogP contribution >= 0.6 is 0 Å². The van der Waals surface area contributed by atoms with E-state index in [1.807, 2.05) is 12.1 Å². The molecule has 4 heteroatoms. The number of nitrogens with one attached hydrogen (secondary N) is 1. The van der Waals surface area contributed by atoms with Crippen molar-refractivity contribution in [2.24, 2.45) is 0 Å². The van der Waals surface area contributed by atoms with Crippen molar-refractivity contribution in [3.8, 4) is 0 Å². The maximum absolute atomic E-state index is 12.0. The zero-order valence-electron chi connectivity index (χ0n) is 11.6. The first-order valence-corrected chi connectivity index (χ1v) is 6.59. The maximum atomic E-state index is 12.0. The molecule has 2 rings (SSSR count). The van der Waals surface area contributed by atoms with Gasteiger partial charge in [0.2, 0.25) is 0 Å². The van der Waals surface area contributed by atoms with Gasteiger partial charge >= 0.3 is 5.97 Å². The molecule has 1 N–H and O–H groups in total. The number of carbonyl (C=O) groups is 2. The second-order valence-electron chi connectivity index (χ2n) is 4.21. The highest BCUT2D eigenvalue weighted by Crippen LogP contribution is 2.18. The Morgan fingerprint density at radius 1 is 1.33 bits per heavy atom. The zero-order chi connectivity index (χ0) is 15.1. The number of hydrogen-bond donors (Lipinski definition) is 1. The molecule has 0 fully saturated rings. The van der Waals surface area contributed by atoms with Gasteiger partial charge in [-0.2, -0.15) is 0 Å². The van der Waals surface area contributed by atoms with E-state index in [1.54, 1.807) is 43.4 Å². The Morgan fingerprint density at radius 2 is 2.14 bits per heavy atom. The number of rotatable bonds is 5. The molecule has 0 spiro atoms. The van der Waals surface area contributed by atoms with Gasteiger partial charge in [0.15, 0.2) is 0 Å². The second-order valence-corrected chi connectivity index (χ2v) is 4.21. The van der Waals surface area contributed by atoms with Gasteiger partial charge < -0.3 is 10.1 Å². The van der Waals surface area contributed by atoms with E-state index in [4.69, 9.17) is 4.74 Å². The Kier molecular flexibility index (Phi) is 4.91. The van der Waals surface area contributed by atoms with Gasteiger partial charge in [-0.25, -0.2) is 4.79 Å². The number of allylic oxidation sites excluding steroid dienone is 1. The van der Waals surface area contributed by atoms with Crippen molar-refractivity contribution in [3.05, 3.63) is 65.4 Å². The minimum Gasteiger partial charge on any atom is -0.463 e. The fourth-order valence-corrected chi connectivity index (χ4v) is 1.77. The fourth-order valence-electron chi connectivity index (χ4n) is 1.77. The standard InChI is InChI=1S/C17H15NO3/c1-2-21-16(19)12-11-13-7-5-6-10-15(13)18-17(20)14-8-3-4-9-14/h3-8,10-12H,2H2,1H3,(H,18,20)/b12-11+. The summed E-state index contributed by atoms with van der Waals surface area (Å²) >= 11 is 0. The van der Waals surface area contributed by atoms with E-state index in [-0.39, 0.29) is 5.91 Å². The molecule has 0 radical (unpaired) electrons. The lowest BCUT2D eigenvalue weighted by molar-refractivity contribution is -0.137. The molecule has 0 saturated heterocycles. The van der Waals surface area contributed by atoms with Crippen LogP contribution in [0.15, 0.2) is 59.9 Å². The van der Waals surface area contributed by atoms with Gasteiger partial charge in [-0.05, 0) is 36.8 Å². The third-order valence-corrected chi connectivity index (χ3v) is 2.74. The van der Waals surface area contributed by atoms with Gasteiger partial charge in [-0.15, -0.1) is 5.73 Å². The summed E-state index contributed by atoms with van der Waals surface area (Å²) in [6.45, 7) is 2.07. The molecule has 0 heterocycles. The Labute approximate surface area is 123 Å². The molecule has 1 aromatic rings. The molecule has 1 amide bonds. The first-order valence-electron chi connectivity index (χ1n) is 6.59. The monoisotopic (exact) mass is 281 g/mol. The van der Waals surface area contributed by atoms with Crippen molar-refractivity contribution in [1.82, 2.24) is 0 Å². The van der Waals surface area contributed by atoms with E-state index in [0.29, 0.717) is 17.9 Å². The molecule has 0 saturated carbocycles. The Bertz CT molecular complexity index is 677. The maximum Gasteiger partial charge on any atom is 0.330 e. The largest absolute Gasteiger partial charge is 0.463 e. The molecule has 4 nitrogen and oxygen atoms in total. The van der Waals surface area contributed by atoms with Gasteiger partial charge in [0.25, 0.3) is 5.91 Å². The average molecular weight is 281 g/mol. The molecular formula is C17H15NO3. The number of hydrogen-bond acceptors (Lipinski definition) is 3. The van der Waals surface area contributed by atoms with Gasteiger partial charge in [0.05, 0.1) is 12.2 Å². The summed E-state index contributed by atoms with van der Waals surface area (Å²) in [5, 5.41) is 2.80. The van der Waals surface area contributed by atoms with Crippen LogP contribution in [0.25, 0.3) is 6.08 Å². The molecule has 1 aliphatic rings. The Balaban J connectivity index is 2.13. The van der Waals surface area contributed by atoms with Crippen molar-refractivity contribution in [2.45, 2.75) is 6.92 Å². The smallest absolute Gasteiger partial charge is 0.330 e. The van der Waals surface area contributed by atoms with Crippen LogP contribution < -0.4 is 5.32 Å². The fraction of sp³-hybridized carbons (Fsp3) is 0.118. The molecule has 21 heavy (non-hydrogen) atoms. The van der Waals surface area contributed by atoms with Gasteiger partial charge in [0, 0.05) is 11.8 Å². The zero-order valence-corrected chi connectivity index (χ0v) is 11.6. The van der Waals surface area contributed by atoms with Crippen molar-refractivity contribution < 1.29 is 14.3 Å². The number of ether oxygens (including phenoxy) is 1. The molecule has 106 valence electrons. The normalized spacial score (nSPS) is 12.5. The minimum atomic E-state index is -0.414. The number of para-hydroxylation sites is 1. The summed E-state index contributed by atoms with van der Waals surface area (Å²) in [4.78, 5) is 23.3. The lowest BCUT2D eigenvalue weighted by Gasteiger charge is -2.07. The summed E-state index contributed by atoms with van der Waals surface area (Å²) in [5.74, 6) is -0.653. The van der Waals surface area contributed by atoms with E-state index >= 15 is 0 Å². The van der Waals surface area contributed by atoms with Crippen molar-refractivity contribution in [1.29, 1.82) is 0 Å². The van der Waals surface area contributed by atoms with Crippen LogP contribution in [0.1, 0.15) is 12.5 Å². The highest BCUT2D eigenvalue weighted by Gasteiger charge is 2.09. The third kappa shape index (κ3) is 4.06. The van der Waals surface area contributed by atoms with Crippen LogP contribution in [0, 0.1) is 0 Å². The molecule has 0 aromatic heterocycles. The van der Waals surface area contributed by atoms with Gasteiger partial charge in [-0.1, -0.05) is 24.3 Å². The van der Waals surface area contributed by atoms with Crippen LogP contribution in [0.5, 0.6) is 0 Å². The molecular weight excluding hydrogens is 266 g/mol. The molecule has 0 atom stereocenters. The number of benzene rings is 1. The summed E-state index contributed by atoms with van der Waals surface area (Å²) in [5.41, 5.74) is 4.66. The molecule has 1 aliphatic carbocycles. The quantitative estimate of drug-likeness (QED) is 0.513.